The van der Waals surface area contributed by atoms with Gasteiger partial charge in [-0.05, 0) is 18.9 Å². The molecule has 82 valence electrons. The topological polar surface area (TPSA) is 60.8 Å². The minimum atomic E-state index is -0.927. The second kappa shape index (κ2) is 5.32. The summed E-state index contributed by atoms with van der Waals surface area (Å²) < 4.78 is 0. The maximum atomic E-state index is 10.3. The van der Waals surface area contributed by atoms with Crippen molar-refractivity contribution in [1.29, 1.82) is 0 Å². The summed E-state index contributed by atoms with van der Waals surface area (Å²) in [5.41, 5.74) is 0. The summed E-state index contributed by atoms with van der Waals surface area (Å²) in [5.74, 6) is -0.198. The predicted octanol–water partition coefficient (Wildman–Crippen LogP) is 0.554. The zero-order valence-electron chi connectivity index (χ0n) is 8.65. The molecule has 0 amide bonds. The number of aliphatic carboxylic acids is 1. The third kappa shape index (κ3) is 3.64. The van der Waals surface area contributed by atoms with Crippen molar-refractivity contribution in [2.45, 2.75) is 32.3 Å². The highest BCUT2D eigenvalue weighted by Crippen LogP contribution is 2.19. The zero-order chi connectivity index (χ0) is 10.6. The second-order valence-corrected chi connectivity index (χ2v) is 4.07. The molecule has 2 unspecified atom stereocenters. The summed E-state index contributed by atoms with van der Waals surface area (Å²) in [4.78, 5) is 12.5. The molecule has 0 aliphatic carbocycles. The Morgan fingerprint density at radius 3 is 2.86 bits per heavy atom. The molecule has 1 aliphatic heterocycles. The van der Waals surface area contributed by atoms with Gasteiger partial charge in [-0.2, -0.15) is 0 Å². The molecule has 0 aromatic carbocycles. The van der Waals surface area contributed by atoms with Gasteiger partial charge in [-0.1, -0.05) is 13.3 Å². The number of carboxylic acid groups (broad SMARTS) is 1. The fraction of sp³-hybridized carbons (Fsp3) is 0.900. The van der Waals surface area contributed by atoms with Crippen molar-refractivity contribution in [2.75, 3.05) is 19.6 Å². The summed E-state index contributed by atoms with van der Waals surface area (Å²) in [6, 6.07) is 0. The molecule has 4 nitrogen and oxygen atoms in total. The number of carboxylic acids is 1. The highest BCUT2D eigenvalue weighted by Gasteiger charge is 2.23. The van der Waals surface area contributed by atoms with Gasteiger partial charge in [-0.15, -0.1) is 0 Å². The molecule has 0 spiro atoms. The van der Waals surface area contributed by atoms with Crippen LogP contribution < -0.4 is 0 Å². The van der Waals surface area contributed by atoms with Crippen LogP contribution in [0.15, 0.2) is 0 Å². The molecule has 14 heavy (non-hydrogen) atoms. The molecule has 0 aromatic rings. The lowest BCUT2D eigenvalue weighted by Gasteiger charge is -2.18. The number of nitrogens with zero attached hydrogens (tertiary/aromatic N) is 1. The van der Waals surface area contributed by atoms with E-state index in [0.717, 1.165) is 19.0 Å². The van der Waals surface area contributed by atoms with Crippen LogP contribution in [0.2, 0.25) is 0 Å². The van der Waals surface area contributed by atoms with Gasteiger partial charge in [-0.25, -0.2) is 0 Å². The Balaban J connectivity index is 2.21. The number of aliphatic hydroxyl groups is 1. The van der Waals surface area contributed by atoms with Crippen molar-refractivity contribution < 1.29 is 15.0 Å². The Labute approximate surface area is 84.5 Å². The molecule has 2 N–H and O–H groups in total. The van der Waals surface area contributed by atoms with Crippen LogP contribution in [0.25, 0.3) is 0 Å². The molecule has 1 aliphatic rings. The third-order valence-corrected chi connectivity index (χ3v) is 2.83. The van der Waals surface area contributed by atoms with Gasteiger partial charge in [0.1, 0.15) is 0 Å². The molecule has 0 radical (unpaired) electrons. The fourth-order valence-electron chi connectivity index (χ4n) is 1.98. The van der Waals surface area contributed by atoms with Gasteiger partial charge in [0.05, 0.1) is 12.5 Å². The molecule has 0 aromatic heterocycles. The number of aliphatic hydroxyl groups excluding tert-OH is 1. The van der Waals surface area contributed by atoms with E-state index < -0.39 is 12.1 Å². The summed E-state index contributed by atoms with van der Waals surface area (Å²) in [7, 11) is 0. The first-order valence-corrected chi connectivity index (χ1v) is 5.24. The van der Waals surface area contributed by atoms with Crippen molar-refractivity contribution in [3.8, 4) is 0 Å². The Bertz CT molecular complexity index is 196. The molecule has 1 heterocycles. The van der Waals surface area contributed by atoms with Crippen LogP contribution in [-0.2, 0) is 4.79 Å². The average molecular weight is 201 g/mol. The Morgan fingerprint density at radius 1 is 1.64 bits per heavy atom. The van der Waals surface area contributed by atoms with Crippen molar-refractivity contribution in [3.63, 3.8) is 0 Å². The molecular weight excluding hydrogens is 182 g/mol. The molecule has 4 heteroatoms. The van der Waals surface area contributed by atoms with E-state index in [1.54, 1.807) is 0 Å². The monoisotopic (exact) mass is 201 g/mol. The van der Waals surface area contributed by atoms with Crippen molar-refractivity contribution >= 4 is 5.97 Å². The second-order valence-electron chi connectivity index (χ2n) is 4.07. The molecule has 1 rings (SSSR count). The Hall–Kier alpha value is -0.610. The van der Waals surface area contributed by atoms with E-state index >= 15 is 0 Å². The molecular formula is C10H19NO3. The average Bonchev–Trinajstić information content (AvgIpc) is 2.50. The van der Waals surface area contributed by atoms with Crippen LogP contribution in [0.5, 0.6) is 0 Å². The fourth-order valence-corrected chi connectivity index (χ4v) is 1.98. The van der Waals surface area contributed by atoms with Gasteiger partial charge < -0.3 is 15.1 Å². The summed E-state index contributed by atoms with van der Waals surface area (Å²) in [5, 5.41) is 17.9. The minimum absolute atomic E-state index is 0.146. The first kappa shape index (κ1) is 11.5. The molecule has 0 bridgehead atoms. The van der Waals surface area contributed by atoms with Crippen LogP contribution in [0, 0.1) is 5.92 Å². The summed E-state index contributed by atoms with van der Waals surface area (Å²) in [6.07, 6.45) is 1.48. The number of carbonyl (C=O) groups is 1. The van der Waals surface area contributed by atoms with E-state index in [4.69, 9.17) is 5.11 Å². The first-order chi connectivity index (χ1) is 6.61. The van der Waals surface area contributed by atoms with Crippen molar-refractivity contribution in [1.82, 2.24) is 4.90 Å². The van der Waals surface area contributed by atoms with E-state index in [9.17, 15) is 9.90 Å². The van der Waals surface area contributed by atoms with Crippen LogP contribution in [-0.4, -0.2) is 46.8 Å². The molecule has 1 fully saturated rings. The first-order valence-electron chi connectivity index (χ1n) is 5.24. The standard InChI is InChI=1S/C10H19NO3/c1-2-8-3-4-11(6-8)7-9(12)5-10(13)14/h8-9,12H,2-7H2,1H3,(H,13,14). The van der Waals surface area contributed by atoms with E-state index in [-0.39, 0.29) is 6.42 Å². The summed E-state index contributed by atoms with van der Waals surface area (Å²) >= 11 is 0. The lowest BCUT2D eigenvalue weighted by molar-refractivity contribution is -0.139. The number of rotatable bonds is 5. The van der Waals surface area contributed by atoms with Gasteiger partial charge >= 0.3 is 5.97 Å². The van der Waals surface area contributed by atoms with Gasteiger partial charge in [0.15, 0.2) is 0 Å². The Morgan fingerprint density at radius 2 is 2.36 bits per heavy atom. The van der Waals surface area contributed by atoms with Gasteiger partial charge in [0.2, 0.25) is 0 Å². The SMILES string of the molecule is CCC1CCN(CC(O)CC(=O)O)C1. The maximum Gasteiger partial charge on any atom is 0.306 e. The van der Waals surface area contributed by atoms with E-state index in [1.165, 1.54) is 12.8 Å². The van der Waals surface area contributed by atoms with E-state index in [2.05, 4.69) is 11.8 Å². The third-order valence-electron chi connectivity index (χ3n) is 2.83. The van der Waals surface area contributed by atoms with Crippen LogP contribution >= 0.6 is 0 Å². The van der Waals surface area contributed by atoms with Gasteiger partial charge in [-0.3, -0.25) is 4.79 Å². The maximum absolute atomic E-state index is 10.3. The van der Waals surface area contributed by atoms with Crippen LogP contribution in [0.4, 0.5) is 0 Å². The highest BCUT2D eigenvalue weighted by atomic mass is 16.4. The van der Waals surface area contributed by atoms with Crippen LogP contribution in [0.3, 0.4) is 0 Å². The lowest BCUT2D eigenvalue weighted by atomic mass is 10.1. The predicted molar refractivity (Wildman–Crippen MR) is 53.1 cm³/mol. The number of hydrogen-bond donors (Lipinski definition) is 2. The van der Waals surface area contributed by atoms with E-state index in [0.29, 0.717) is 6.54 Å². The largest absolute Gasteiger partial charge is 0.481 e. The number of β-amino-alcohol motifs (C(OH)–C–C–N with tert-alkyl or cyclic N) is 1. The van der Waals surface area contributed by atoms with Crippen LogP contribution in [0.1, 0.15) is 26.2 Å². The quantitative estimate of drug-likeness (QED) is 0.682. The van der Waals surface area contributed by atoms with Gasteiger partial charge in [0, 0.05) is 13.1 Å². The molecule has 0 saturated carbocycles. The lowest BCUT2D eigenvalue weighted by Crippen LogP contribution is -2.32. The van der Waals surface area contributed by atoms with Crippen molar-refractivity contribution in [3.05, 3.63) is 0 Å². The van der Waals surface area contributed by atoms with Crippen molar-refractivity contribution in [2.24, 2.45) is 5.92 Å². The normalized spacial score (nSPS) is 25.1. The van der Waals surface area contributed by atoms with E-state index in [1.807, 2.05) is 0 Å². The Kier molecular flexibility index (Phi) is 4.35. The zero-order valence-corrected chi connectivity index (χ0v) is 8.65. The number of likely N-dealkylation sites (tertiary alicyclic amines) is 1. The molecule has 2 atom stereocenters. The summed E-state index contributed by atoms with van der Waals surface area (Å²) in [6.45, 7) is 4.67. The number of hydrogen-bond acceptors (Lipinski definition) is 3. The smallest absolute Gasteiger partial charge is 0.306 e. The minimum Gasteiger partial charge on any atom is -0.481 e. The molecule has 1 saturated heterocycles. The highest BCUT2D eigenvalue weighted by molar-refractivity contribution is 5.67. The van der Waals surface area contributed by atoms with Gasteiger partial charge in [0.25, 0.3) is 0 Å².